The van der Waals surface area contributed by atoms with Gasteiger partial charge in [0.05, 0.1) is 0 Å². The normalized spacial score (nSPS) is 8.38. The number of anilines is 2. The minimum atomic E-state index is -0.374. The van der Waals surface area contributed by atoms with Crippen molar-refractivity contribution in [1.82, 2.24) is 15.3 Å². The summed E-state index contributed by atoms with van der Waals surface area (Å²) in [5, 5.41) is 4.74. The Hall–Kier alpha value is -1.56. The first-order valence-electron chi connectivity index (χ1n) is 3.29. The van der Waals surface area contributed by atoms with E-state index in [0.717, 1.165) is 0 Å². The number of hydrogen-bond acceptors (Lipinski definition) is 4. The number of hydrogen-bond donors (Lipinski definition) is 3. The highest BCUT2D eigenvalue weighted by atomic mass is 35.5. The molecule has 0 aliphatic rings. The summed E-state index contributed by atoms with van der Waals surface area (Å²) < 4.78 is 0. The third kappa shape index (κ3) is 3.57. The Bertz CT molecular complexity index is 292. The molecule has 2 amide bonds. The van der Waals surface area contributed by atoms with Gasteiger partial charge in [-0.25, -0.2) is 9.78 Å². The van der Waals surface area contributed by atoms with E-state index in [-0.39, 0.29) is 24.4 Å². The Labute approximate surface area is 81.4 Å². The number of nitrogens with zero attached hydrogens (tertiary/aromatic N) is 2. The Kier molecular flexibility index (Phi) is 4.53. The third-order valence-corrected chi connectivity index (χ3v) is 1.13. The Balaban J connectivity index is 0.00000144. The topological polar surface area (TPSA) is 92.9 Å². The molecule has 0 saturated carbocycles. The van der Waals surface area contributed by atoms with Crippen molar-refractivity contribution in [2.24, 2.45) is 0 Å². The average Bonchev–Trinajstić information content (AvgIpc) is 2.04. The van der Waals surface area contributed by atoms with Crippen LogP contribution < -0.4 is 16.4 Å². The van der Waals surface area contributed by atoms with Gasteiger partial charge in [-0.05, 0) is 6.07 Å². The number of nitrogen functional groups attached to an aromatic ring is 1. The first-order valence-corrected chi connectivity index (χ1v) is 3.29. The summed E-state index contributed by atoms with van der Waals surface area (Å²) in [4.78, 5) is 18.3. The fraction of sp³-hybridized carbons (Fsp3) is 0.167. The van der Waals surface area contributed by atoms with Crippen molar-refractivity contribution >= 4 is 30.2 Å². The lowest BCUT2D eigenvalue weighted by molar-refractivity contribution is 0.254. The van der Waals surface area contributed by atoms with Crippen molar-refractivity contribution in [2.75, 3.05) is 18.1 Å². The SMILES string of the molecule is CNC(=O)Nc1nccc(N)n1.Cl. The number of aromatic nitrogens is 2. The number of carbonyl (C=O) groups is 1. The quantitative estimate of drug-likeness (QED) is 0.609. The molecule has 1 aromatic rings. The molecule has 7 heteroatoms. The van der Waals surface area contributed by atoms with Gasteiger partial charge in [0.1, 0.15) is 5.82 Å². The number of urea groups is 1. The van der Waals surface area contributed by atoms with Gasteiger partial charge >= 0.3 is 6.03 Å². The molecule has 0 radical (unpaired) electrons. The lowest BCUT2D eigenvalue weighted by Gasteiger charge is -2.01. The number of halogens is 1. The Morgan fingerprint density at radius 3 is 2.85 bits per heavy atom. The van der Waals surface area contributed by atoms with Crippen molar-refractivity contribution in [3.63, 3.8) is 0 Å². The van der Waals surface area contributed by atoms with Crippen LogP contribution in [0.3, 0.4) is 0 Å². The third-order valence-electron chi connectivity index (χ3n) is 1.13. The zero-order valence-electron chi connectivity index (χ0n) is 6.94. The second kappa shape index (κ2) is 5.15. The lowest BCUT2D eigenvalue weighted by Crippen LogP contribution is -2.25. The largest absolute Gasteiger partial charge is 0.384 e. The molecule has 0 spiro atoms. The van der Waals surface area contributed by atoms with Gasteiger partial charge < -0.3 is 11.1 Å². The highest BCUT2D eigenvalue weighted by molar-refractivity contribution is 5.87. The minimum Gasteiger partial charge on any atom is -0.384 e. The maximum atomic E-state index is 10.7. The Morgan fingerprint density at radius 1 is 1.62 bits per heavy atom. The van der Waals surface area contributed by atoms with Crippen LogP contribution in [-0.2, 0) is 0 Å². The fourth-order valence-corrected chi connectivity index (χ4v) is 0.597. The predicted molar refractivity (Wildman–Crippen MR) is 51.8 cm³/mol. The van der Waals surface area contributed by atoms with Crippen LogP contribution in [0.1, 0.15) is 0 Å². The van der Waals surface area contributed by atoms with Crippen LogP contribution in [0.2, 0.25) is 0 Å². The second-order valence-electron chi connectivity index (χ2n) is 2.01. The molecule has 0 aliphatic carbocycles. The van der Waals surface area contributed by atoms with E-state index in [2.05, 4.69) is 20.6 Å². The van der Waals surface area contributed by atoms with Gasteiger partial charge in [-0.3, -0.25) is 5.32 Å². The molecule has 4 N–H and O–H groups in total. The molecule has 0 aliphatic heterocycles. The monoisotopic (exact) mass is 203 g/mol. The maximum Gasteiger partial charge on any atom is 0.321 e. The van der Waals surface area contributed by atoms with Gasteiger partial charge in [-0.2, -0.15) is 4.98 Å². The summed E-state index contributed by atoms with van der Waals surface area (Å²) in [6.07, 6.45) is 1.47. The van der Waals surface area contributed by atoms with E-state index < -0.39 is 0 Å². The van der Waals surface area contributed by atoms with Crippen molar-refractivity contribution in [3.8, 4) is 0 Å². The molecule has 6 nitrogen and oxygen atoms in total. The Morgan fingerprint density at radius 2 is 2.31 bits per heavy atom. The number of nitrogens with one attached hydrogen (secondary N) is 2. The maximum absolute atomic E-state index is 10.7. The van der Waals surface area contributed by atoms with Crippen LogP contribution in [0.25, 0.3) is 0 Å². The van der Waals surface area contributed by atoms with Crippen molar-refractivity contribution in [1.29, 1.82) is 0 Å². The van der Waals surface area contributed by atoms with Gasteiger partial charge in [0.25, 0.3) is 0 Å². The molecule has 13 heavy (non-hydrogen) atoms. The molecule has 1 heterocycles. The fourth-order valence-electron chi connectivity index (χ4n) is 0.597. The second-order valence-corrected chi connectivity index (χ2v) is 2.01. The highest BCUT2D eigenvalue weighted by Gasteiger charge is 1.99. The average molecular weight is 204 g/mol. The van der Waals surface area contributed by atoms with Crippen molar-refractivity contribution in [3.05, 3.63) is 12.3 Å². The van der Waals surface area contributed by atoms with Crippen LogP contribution in [0.5, 0.6) is 0 Å². The van der Waals surface area contributed by atoms with E-state index in [9.17, 15) is 4.79 Å². The van der Waals surface area contributed by atoms with E-state index in [1.165, 1.54) is 19.3 Å². The van der Waals surface area contributed by atoms with Crippen LogP contribution >= 0.6 is 12.4 Å². The molecule has 0 aromatic carbocycles. The van der Waals surface area contributed by atoms with Gasteiger partial charge in [-0.15, -0.1) is 12.4 Å². The predicted octanol–water partition coefficient (Wildman–Crippen LogP) is 0.232. The van der Waals surface area contributed by atoms with Gasteiger partial charge in [0.2, 0.25) is 5.95 Å². The lowest BCUT2D eigenvalue weighted by atomic mass is 10.6. The molecule has 0 fully saturated rings. The molecule has 0 saturated heterocycles. The molecule has 72 valence electrons. The standard InChI is InChI=1S/C6H9N5O.ClH/c1-8-6(12)11-5-9-3-2-4(7)10-5;/h2-3H,1H3,(H4,7,8,9,10,11,12);1H. The number of amides is 2. The first kappa shape index (κ1) is 11.4. The van der Waals surface area contributed by atoms with E-state index in [1.807, 2.05) is 0 Å². The zero-order valence-corrected chi connectivity index (χ0v) is 7.76. The summed E-state index contributed by atoms with van der Waals surface area (Å²) >= 11 is 0. The van der Waals surface area contributed by atoms with E-state index in [0.29, 0.717) is 5.82 Å². The molecule has 1 aromatic heterocycles. The molecular weight excluding hydrogens is 194 g/mol. The summed E-state index contributed by atoms with van der Waals surface area (Å²) in [6, 6.07) is 1.16. The molecular formula is C6H10ClN5O. The van der Waals surface area contributed by atoms with Gasteiger partial charge in [0, 0.05) is 13.2 Å². The van der Waals surface area contributed by atoms with E-state index in [1.54, 1.807) is 0 Å². The van der Waals surface area contributed by atoms with Crippen LogP contribution in [-0.4, -0.2) is 23.0 Å². The molecule has 0 unspecified atom stereocenters. The molecule has 0 atom stereocenters. The summed E-state index contributed by atoms with van der Waals surface area (Å²) in [5.74, 6) is 0.505. The zero-order chi connectivity index (χ0) is 8.97. The number of carbonyl (C=O) groups excluding carboxylic acids is 1. The van der Waals surface area contributed by atoms with E-state index >= 15 is 0 Å². The smallest absolute Gasteiger partial charge is 0.321 e. The van der Waals surface area contributed by atoms with Crippen LogP contribution in [0, 0.1) is 0 Å². The van der Waals surface area contributed by atoms with Gasteiger partial charge in [0.15, 0.2) is 0 Å². The molecule has 0 bridgehead atoms. The number of nitrogens with two attached hydrogens (primary N) is 1. The van der Waals surface area contributed by atoms with Gasteiger partial charge in [-0.1, -0.05) is 0 Å². The van der Waals surface area contributed by atoms with Crippen molar-refractivity contribution in [2.45, 2.75) is 0 Å². The van der Waals surface area contributed by atoms with E-state index in [4.69, 9.17) is 5.73 Å². The van der Waals surface area contributed by atoms with Crippen LogP contribution in [0.4, 0.5) is 16.6 Å². The number of rotatable bonds is 1. The first-order chi connectivity index (χ1) is 5.72. The summed E-state index contributed by atoms with van der Waals surface area (Å²) in [6.45, 7) is 0. The minimum absolute atomic E-state index is 0. The summed E-state index contributed by atoms with van der Waals surface area (Å²) in [7, 11) is 1.50. The highest BCUT2D eigenvalue weighted by Crippen LogP contribution is 1.99. The summed E-state index contributed by atoms with van der Waals surface area (Å²) in [5.41, 5.74) is 5.35. The van der Waals surface area contributed by atoms with Crippen LogP contribution in [0.15, 0.2) is 12.3 Å². The van der Waals surface area contributed by atoms with Crippen molar-refractivity contribution < 1.29 is 4.79 Å². The molecule has 1 rings (SSSR count).